The third-order valence-electron chi connectivity index (χ3n) is 6.84. The van der Waals surface area contributed by atoms with Gasteiger partial charge in [0.05, 0.1) is 18.4 Å². The molecule has 3 nitrogen and oxygen atoms in total. The molecule has 1 aromatic heterocycles. The van der Waals surface area contributed by atoms with Crippen LogP contribution in [0.4, 0.5) is 0 Å². The maximum Gasteiger partial charge on any atom is 0.134 e. The first-order valence-corrected chi connectivity index (χ1v) is 10.8. The molecule has 0 unspecified atom stereocenters. The van der Waals surface area contributed by atoms with Gasteiger partial charge in [0.1, 0.15) is 16.8 Å². The van der Waals surface area contributed by atoms with Crippen LogP contribution >= 0.6 is 11.3 Å². The zero-order chi connectivity index (χ0) is 18.4. The van der Waals surface area contributed by atoms with Gasteiger partial charge in [-0.2, -0.15) is 5.26 Å². The normalized spacial score (nSPS) is 31.7. The Balaban J connectivity index is 1.46. The molecule has 0 atom stereocenters. The molecule has 6 rings (SSSR count). The van der Waals surface area contributed by atoms with Gasteiger partial charge in [0.2, 0.25) is 0 Å². The minimum atomic E-state index is 0.292. The molecule has 4 fully saturated rings. The molecule has 0 amide bonds. The quantitative estimate of drug-likeness (QED) is 0.645. The highest BCUT2D eigenvalue weighted by molar-refractivity contribution is 7.11. The summed E-state index contributed by atoms with van der Waals surface area (Å²) in [4.78, 5) is 5.01. The number of ether oxygens (including phenoxy) is 1. The molecule has 0 radical (unpaired) electrons. The fraction of sp³-hybridized carbons (Fsp3) is 0.478. The van der Waals surface area contributed by atoms with Crippen molar-refractivity contribution >= 4 is 23.0 Å². The molecule has 1 aromatic carbocycles. The fourth-order valence-corrected chi connectivity index (χ4v) is 7.01. The number of allylic oxidation sites excluding steroid dienone is 1. The molecule has 4 bridgehead atoms. The highest BCUT2D eigenvalue weighted by Crippen LogP contribution is 2.60. The third kappa shape index (κ3) is 2.99. The summed E-state index contributed by atoms with van der Waals surface area (Å²) in [5, 5.41) is 12.8. The predicted molar refractivity (Wildman–Crippen MR) is 108 cm³/mol. The van der Waals surface area contributed by atoms with E-state index in [-0.39, 0.29) is 0 Å². The molecule has 27 heavy (non-hydrogen) atoms. The SMILES string of the molecule is COc1cccc(/C=C(\C#N)c2nc(C34CC5CC(CC(C5)C3)C4)cs2)c1. The van der Waals surface area contributed by atoms with Gasteiger partial charge in [0.25, 0.3) is 0 Å². The van der Waals surface area contributed by atoms with E-state index in [4.69, 9.17) is 9.72 Å². The van der Waals surface area contributed by atoms with Crippen LogP contribution in [0.15, 0.2) is 29.6 Å². The lowest BCUT2D eigenvalue weighted by Crippen LogP contribution is -2.48. The van der Waals surface area contributed by atoms with Crippen LogP contribution in [0.1, 0.15) is 54.8 Å². The largest absolute Gasteiger partial charge is 0.497 e. The Morgan fingerprint density at radius 2 is 1.93 bits per heavy atom. The molecule has 1 heterocycles. The van der Waals surface area contributed by atoms with Crippen molar-refractivity contribution in [2.75, 3.05) is 7.11 Å². The average molecular weight is 377 g/mol. The number of rotatable bonds is 4. The first kappa shape index (κ1) is 17.0. The molecular weight excluding hydrogens is 352 g/mol. The summed E-state index contributed by atoms with van der Waals surface area (Å²) >= 11 is 1.63. The zero-order valence-electron chi connectivity index (χ0n) is 15.6. The van der Waals surface area contributed by atoms with E-state index < -0.39 is 0 Å². The van der Waals surface area contributed by atoms with Crippen molar-refractivity contribution in [3.63, 3.8) is 0 Å². The van der Waals surface area contributed by atoms with E-state index in [2.05, 4.69) is 11.4 Å². The van der Waals surface area contributed by atoms with E-state index in [1.807, 2.05) is 30.3 Å². The van der Waals surface area contributed by atoms with Gasteiger partial charge in [-0.25, -0.2) is 4.98 Å². The number of nitrogens with zero attached hydrogens (tertiary/aromatic N) is 2. The number of hydrogen-bond acceptors (Lipinski definition) is 4. The summed E-state index contributed by atoms with van der Waals surface area (Å²) in [6, 6.07) is 10.2. The van der Waals surface area contributed by atoms with E-state index >= 15 is 0 Å². The summed E-state index contributed by atoms with van der Waals surface area (Å²) in [6.45, 7) is 0. The summed E-state index contributed by atoms with van der Waals surface area (Å²) in [5.74, 6) is 3.52. The standard InChI is InChI=1S/C23H24N2OS/c1-26-20-4-2-3-15(9-20)8-19(13-24)22-25-21(14-27-22)23-10-16-5-17(11-23)7-18(6-16)12-23/h2-4,8-9,14,16-18H,5-7,10-12H2,1H3/b19-8+. The monoisotopic (exact) mass is 376 g/mol. The topological polar surface area (TPSA) is 45.9 Å². The summed E-state index contributed by atoms with van der Waals surface area (Å²) < 4.78 is 5.29. The number of nitriles is 1. The zero-order valence-corrected chi connectivity index (χ0v) is 16.5. The highest BCUT2D eigenvalue weighted by Gasteiger charge is 2.52. The smallest absolute Gasteiger partial charge is 0.134 e. The minimum Gasteiger partial charge on any atom is -0.497 e. The molecule has 0 N–H and O–H groups in total. The lowest BCUT2D eigenvalue weighted by molar-refractivity contribution is -0.00694. The van der Waals surface area contributed by atoms with Crippen LogP contribution in [0.25, 0.3) is 11.6 Å². The van der Waals surface area contributed by atoms with Crippen LogP contribution in [-0.4, -0.2) is 12.1 Å². The molecule has 4 aliphatic rings. The van der Waals surface area contributed by atoms with Crippen LogP contribution in [0.2, 0.25) is 0 Å². The van der Waals surface area contributed by atoms with Crippen molar-refractivity contribution in [2.45, 2.75) is 43.9 Å². The number of aromatic nitrogens is 1. The highest BCUT2D eigenvalue weighted by atomic mass is 32.1. The Morgan fingerprint density at radius 3 is 2.56 bits per heavy atom. The van der Waals surface area contributed by atoms with Crippen molar-refractivity contribution in [2.24, 2.45) is 17.8 Å². The Labute approximate surface area is 164 Å². The minimum absolute atomic E-state index is 0.292. The van der Waals surface area contributed by atoms with E-state index in [0.29, 0.717) is 11.0 Å². The Morgan fingerprint density at radius 1 is 1.22 bits per heavy atom. The van der Waals surface area contributed by atoms with Crippen LogP contribution in [-0.2, 0) is 5.41 Å². The van der Waals surface area contributed by atoms with E-state index in [9.17, 15) is 5.26 Å². The molecule has 0 saturated heterocycles. The molecular formula is C23H24N2OS. The molecule has 138 valence electrons. The van der Waals surface area contributed by atoms with Crippen LogP contribution in [0.3, 0.4) is 0 Å². The van der Waals surface area contributed by atoms with E-state index in [0.717, 1.165) is 34.1 Å². The van der Waals surface area contributed by atoms with Gasteiger partial charge in [0, 0.05) is 10.8 Å². The van der Waals surface area contributed by atoms with E-state index in [1.165, 1.54) is 44.2 Å². The molecule has 4 saturated carbocycles. The van der Waals surface area contributed by atoms with Crippen LogP contribution in [0, 0.1) is 29.1 Å². The maximum absolute atomic E-state index is 9.73. The first-order chi connectivity index (χ1) is 13.2. The van der Waals surface area contributed by atoms with E-state index in [1.54, 1.807) is 18.4 Å². The fourth-order valence-electron chi connectivity index (χ4n) is 6.11. The van der Waals surface area contributed by atoms with Crippen molar-refractivity contribution in [1.82, 2.24) is 4.98 Å². The van der Waals surface area contributed by atoms with Gasteiger partial charge in [-0.1, -0.05) is 12.1 Å². The van der Waals surface area contributed by atoms with Crippen molar-refractivity contribution in [3.05, 3.63) is 45.9 Å². The lowest BCUT2D eigenvalue weighted by Gasteiger charge is -2.56. The second-order valence-corrected chi connectivity index (χ2v) is 9.54. The Bertz CT molecular complexity index is 901. The number of thiazole rings is 1. The van der Waals surface area contributed by atoms with Crippen molar-refractivity contribution in [1.29, 1.82) is 5.26 Å². The molecule has 4 aliphatic carbocycles. The maximum atomic E-state index is 9.73. The first-order valence-electron chi connectivity index (χ1n) is 9.90. The van der Waals surface area contributed by atoms with Gasteiger partial charge < -0.3 is 4.74 Å². The molecule has 4 heteroatoms. The summed E-state index contributed by atoms with van der Waals surface area (Å²) in [6.07, 6.45) is 10.2. The molecule has 0 aliphatic heterocycles. The number of benzene rings is 1. The predicted octanol–water partition coefficient (Wildman–Crippen LogP) is 5.68. The van der Waals surface area contributed by atoms with Crippen molar-refractivity contribution in [3.8, 4) is 11.8 Å². The van der Waals surface area contributed by atoms with Gasteiger partial charge in [0.15, 0.2) is 0 Å². The number of hydrogen-bond donors (Lipinski definition) is 0. The Hall–Kier alpha value is -2.12. The third-order valence-corrected chi connectivity index (χ3v) is 7.72. The summed E-state index contributed by atoms with van der Waals surface area (Å²) in [7, 11) is 1.66. The molecule has 2 aromatic rings. The van der Waals surface area contributed by atoms with Crippen molar-refractivity contribution < 1.29 is 4.74 Å². The second kappa shape index (κ2) is 6.49. The lowest BCUT2D eigenvalue weighted by atomic mass is 9.49. The van der Waals surface area contributed by atoms with Gasteiger partial charge in [-0.05, 0) is 80.1 Å². The van der Waals surface area contributed by atoms with Gasteiger partial charge >= 0.3 is 0 Å². The second-order valence-electron chi connectivity index (χ2n) is 8.68. The van der Waals surface area contributed by atoms with Crippen LogP contribution < -0.4 is 4.74 Å². The van der Waals surface area contributed by atoms with Crippen LogP contribution in [0.5, 0.6) is 5.75 Å². The summed E-state index contributed by atoms with van der Waals surface area (Å²) in [5.41, 5.74) is 3.16. The van der Waals surface area contributed by atoms with Gasteiger partial charge in [-0.3, -0.25) is 0 Å². The average Bonchev–Trinajstić information content (AvgIpc) is 3.16. The number of methoxy groups -OCH3 is 1. The molecule has 0 spiro atoms. The Kier molecular flexibility index (Phi) is 4.09. The van der Waals surface area contributed by atoms with Gasteiger partial charge in [-0.15, -0.1) is 11.3 Å².